The summed E-state index contributed by atoms with van der Waals surface area (Å²) in [4.78, 5) is 24.4. The van der Waals surface area contributed by atoms with Gasteiger partial charge >= 0.3 is 5.97 Å². The van der Waals surface area contributed by atoms with Crippen LogP contribution < -0.4 is 0 Å². The van der Waals surface area contributed by atoms with Crippen molar-refractivity contribution in [1.82, 2.24) is 4.90 Å². The van der Waals surface area contributed by atoms with Gasteiger partial charge < -0.3 is 9.64 Å². The van der Waals surface area contributed by atoms with Crippen LogP contribution >= 0.6 is 0 Å². The molecule has 0 N–H and O–H groups in total. The van der Waals surface area contributed by atoms with E-state index in [9.17, 15) is 9.59 Å². The third-order valence-electron chi connectivity index (χ3n) is 3.37. The third kappa shape index (κ3) is 2.89. The van der Waals surface area contributed by atoms with Gasteiger partial charge in [0.25, 0.3) is 0 Å². The summed E-state index contributed by atoms with van der Waals surface area (Å²) in [6.07, 6.45) is 5.46. The molecule has 1 heterocycles. The predicted octanol–water partition coefficient (Wildman–Crippen LogP) is 1.67. The molecule has 1 unspecified atom stereocenters. The highest BCUT2D eigenvalue weighted by Crippen LogP contribution is 2.35. The van der Waals surface area contributed by atoms with Gasteiger partial charge in [0.15, 0.2) is 0 Å². The summed E-state index contributed by atoms with van der Waals surface area (Å²) in [6, 6.07) is 0.492. The Morgan fingerprint density at radius 1 is 1.47 bits per heavy atom. The van der Waals surface area contributed by atoms with Crippen LogP contribution in [-0.4, -0.2) is 35.5 Å². The van der Waals surface area contributed by atoms with E-state index in [0.29, 0.717) is 19.1 Å². The lowest BCUT2D eigenvalue weighted by Gasteiger charge is -2.29. The molecule has 0 aromatic carbocycles. The Kier molecular flexibility index (Phi) is 3.85. The van der Waals surface area contributed by atoms with Crippen molar-refractivity contribution in [2.45, 2.75) is 57.5 Å². The van der Waals surface area contributed by atoms with Gasteiger partial charge in [0.2, 0.25) is 0 Å². The highest BCUT2D eigenvalue weighted by atomic mass is 16.5. The lowest BCUT2D eigenvalue weighted by molar-refractivity contribution is -0.137. The minimum Gasteiger partial charge on any atom is -0.463 e. The highest BCUT2D eigenvalue weighted by Gasteiger charge is 2.39. The first-order chi connectivity index (χ1) is 8.26. The number of cyclic esters (lactones) is 1. The molecule has 0 aromatic rings. The number of hydrogen-bond acceptors (Lipinski definition) is 4. The minimum atomic E-state index is -0.151. The van der Waals surface area contributed by atoms with Crippen LogP contribution in [0.4, 0.5) is 0 Å². The van der Waals surface area contributed by atoms with E-state index in [0.717, 1.165) is 37.8 Å². The minimum absolute atomic E-state index is 0.0586. The SMILES string of the molecule is CCCCC(=C=O)N(C1CC1)C1COC(=O)C1. The molecule has 2 rings (SSSR count). The lowest BCUT2D eigenvalue weighted by atomic mass is 10.1. The average Bonchev–Trinajstić information content (AvgIpc) is 3.07. The molecule has 0 spiro atoms. The van der Waals surface area contributed by atoms with Crippen LogP contribution in [0.3, 0.4) is 0 Å². The van der Waals surface area contributed by atoms with Crippen LogP contribution in [0.2, 0.25) is 0 Å². The molecule has 1 atom stereocenters. The molecule has 0 radical (unpaired) electrons. The molecule has 17 heavy (non-hydrogen) atoms. The van der Waals surface area contributed by atoms with Gasteiger partial charge in [-0.15, -0.1) is 0 Å². The van der Waals surface area contributed by atoms with Crippen molar-refractivity contribution in [3.05, 3.63) is 5.70 Å². The number of rotatable bonds is 6. The molecule has 4 nitrogen and oxygen atoms in total. The molecular formula is C13H19NO3. The smallest absolute Gasteiger partial charge is 0.308 e. The first-order valence-corrected chi connectivity index (χ1v) is 6.44. The molecule has 1 saturated carbocycles. The number of ether oxygens (including phenoxy) is 1. The summed E-state index contributed by atoms with van der Waals surface area (Å²) in [5, 5.41) is 0. The van der Waals surface area contributed by atoms with Crippen molar-refractivity contribution in [1.29, 1.82) is 0 Å². The quantitative estimate of drug-likeness (QED) is 0.521. The Morgan fingerprint density at radius 3 is 2.71 bits per heavy atom. The van der Waals surface area contributed by atoms with E-state index in [1.165, 1.54) is 0 Å². The topological polar surface area (TPSA) is 46.6 Å². The molecule has 2 aliphatic rings. The fourth-order valence-corrected chi connectivity index (χ4v) is 2.35. The van der Waals surface area contributed by atoms with E-state index < -0.39 is 0 Å². The average molecular weight is 237 g/mol. The van der Waals surface area contributed by atoms with E-state index in [1.54, 1.807) is 0 Å². The Hall–Kier alpha value is -1.28. The summed E-state index contributed by atoms with van der Waals surface area (Å²) in [7, 11) is 0. The molecule has 0 bridgehead atoms. The van der Waals surface area contributed by atoms with Crippen LogP contribution in [-0.2, 0) is 14.3 Å². The lowest BCUT2D eigenvalue weighted by Crippen LogP contribution is -2.37. The standard InChI is InChI=1S/C13H19NO3/c1-2-3-4-11(8-15)14(10-5-6-10)12-7-13(16)17-9-12/h10,12H,2-7,9H2,1H3. The van der Waals surface area contributed by atoms with Crippen molar-refractivity contribution in [2.75, 3.05) is 6.61 Å². The van der Waals surface area contributed by atoms with Gasteiger partial charge in [0.05, 0.1) is 18.2 Å². The van der Waals surface area contributed by atoms with Crippen molar-refractivity contribution in [2.24, 2.45) is 0 Å². The van der Waals surface area contributed by atoms with Crippen molar-refractivity contribution < 1.29 is 14.3 Å². The van der Waals surface area contributed by atoms with E-state index in [2.05, 4.69) is 17.8 Å². The van der Waals surface area contributed by atoms with Crippen molar-refractivity contribution in [3.63, 3.8) is 0 Å². The zero-order chi connectivity index (χ0) is 12.3. The zero-order valence-corrected chi connectivity index (χ0v) is 10.3. The van der Waals surface area contributed by atoms with E-state index in [1.807, 2.05) is 0 Å². The van der Waals surface area contributed by atoms with Gasteiger partial charge in [-0.3, -0.25) is 4.79 Å². The van der Waals surface area contributed by atoms with Crippen molar-refractivity contribution in [3.8, 4) is 0 Å². The Morgan fingerprint density at radius 2 is 2.24 bits per heavy atom. The maximum atomic E-state index is 11.2. The van der Waals surface area contributed by atoms with Crippen LogP contribution in [0, 0.1) is 0 Å². The number of allylic oxidation sites excluding steroid dienone is 1. The highest BCUT2D eigenvalue weighted by molar-refractivity contribution is 5.72. The number of hydrogen-bond donors (Lipinski definition) is 0. The van der Waals surface area contributed by atoms with E-state index >= 15 is 0 Å². The predicted molar refractivity (Wildman–Crippen MR) is 63.0 cm³/mol. The fourth-order valence-electron chi connectivity index (χ4n) is 2.35. The number of nitrogens with zero attached hydrogens (tertiary/aromatic N) is 1. The molecule has 1 saturated heterocycles. The summed E-state index contributed by atoms with van der Waals surface area (Å²) >= 11 is 0. The second kappa shape index (κ2) is 5.37. The van der Waals surface area contributed by atoms with Crippen molar-refractivity contribution >= 4 is 11.9 Å². The molecular weight excluding hydrogens is 218 g/mol. The second-order valence-corrected chi connectivity index (χ2v) is 4.83. The molecule has 0 amide bonds. The number of carbonyl (C=O) groups is 1. The number of unbranched alkanes of at least 4 members (excludes halogenated alkanes) is 1. The molecule has 2 fully saturated rings. The van der Waals surface area contributed by atoms with E-state index in [-0.39, 0.29) is 12.0 Å². The second-order valence-electron chi connectivity index (χ2n) is 4.83. The van der Waals surface area contributed by atoms with Crippen LogP contribution in [0.25, 0.3) is 0 Å². The fraction of sp³-hybridized carbons (Fsp3) is 0.769. The van der Waals surface area contributed by atoms with Gasteiger partial charge in [-0.05, 0) is 25.7 Å². The number of esters is 1. The third-order valence-corrected chi connectivity index (χ3v) is 3.37. The maximum Gasteiger partial charge on any atom is 0.308 e. The number of carbonyl (C=O) groups excluding carboxylic acids is 2. The van der Waals surface area contributed by atoms with Gasteiger partial charge in [0, 0.05) is 6.04 Å². The molecule has 94 valence electrons. The van der Waals surface area contributed by atoms with Crippen LogP contribution in [0.15, 0.2) is 5.70 Å². The molecule has 1 aliphatic carbocycles. The summed E-state index contributed by atoms with van der Waals surface area (Å²) in [5.74, 6) is 1.92. The zero-order valence-electron chi connectivity index (χ0n) is 10.3. The first kappa shape index (κ1) is 12.2. The largest absolute Gasteiger partial charge is 0.463 e. The molecule has 1 aliphatic heterocycles. The van der Waals surface area contributed by atoms with Gasteiger partial charge in [0.1, 0.15) is 12.5 Å². The summed E-state index contributed by atoms with van der Waals surface area (Å²) < 4.78 is 5.00. The van der Waals surface area contributed by atoms with Gasteiger partial charge in [-0.2, -0.15) is 0 Å². The first-order valence-electron chi connectivity index (χ1n) is 6.44. The monoisotopic (exact) mass is 237 g/mol. The molecule has 4 heteroatoms. The Labute approximate surface area is 102 Å². The Bertz CT molecular complexity index is 343. The molecule has 0 aromatic heterocycles. The summed E-state index contributed by atoms with van der Waals surface area (Å²) in [5.41, 5.74) is 0.734. The normalized spacial score (nSPS) is 23.1. The summed E-state index contributed by atoms with van der Waals surface area (Å²) in [6.45, 7) is 2.53. The Balaban J connectivity index is 2.05. The van der Waals surface area contributed by atoms with Gasteiger partial charge in [-0.25, -0.2) is 4.79 Å². The maximum absolute atomic E-state index is 11.2. The van der Waals surface area contributed by atoms with Crippen LogP contribution in [0.5, 0.6) is 0 Å². The van der Waals surface area contributed by atoms with Crippen LogP contribution in [0.1, 0.15) is 45.4 Å². The van der Waals surface area contributed by atoms with Gasteiger partial charge in [-0.1, -0.05) is 13.3 Å². The van der Waals surface area contributed by atoms with E-state index in [4.69, 9.17) is 4.74 Å².